The van der Waals surface area contributed by atoms with Crippen molar-refractivity contribution in [1.29, 1.82) is 0 Å². The Morgan fingerprint density at radius 3 is 2.29 bits per heavy atom. The van der Waals surface area contributed by atoms with Crippen LogP contribution < -0.4 is 0 Å². The molecule has 0 unspecified atom stereocenters. The predicted octanol–water partition coefficient (Wildman–Crippen LogP) is 1.94. The van der Waals surface area contributed by atoms with Crippen molar-refractivity contribution in [2.75, 3.05) is 12.9 Å². The minimum atomic E-state index is 0.741. The molecule has 0 saturated heterocycles. The average Bonchev–Trinajstić information content (AvgIpc) is 1.61. The van der Waals surface area contributed by atoms with Crippen LogP contribution in [0.1, 0.15) is 13.8 Å². The zero-order chi connectivity index (χ0) is 5.70. The second-order valence-corrected chi connectivity index (χ2v) is 2.75. The summed E-state index contributed by atoms with van der Waals surface area (Å²) in [5, 5.41) is 0. The highest BCUT2D eigenvalue weighted by molar-refractivity contribution is 7.94. The molecule has 0 saturated carbocycles. The summed E-state index contributed by atoms with van der Waals surface area (Å²) < 4.78 is 4.77. The van der Waals surface area contributed by atoms with Gasteiger partial charge in [-0.15, -0.1) is 0 Å². The van der Waals surface area contributed by atoms with Gasteiger partial charge in [0.2, 0.25) is 0 Å². The van der Waals surface area contributed by atoms with E-state index in [1.54, 1.807) is 7.11 Å². The molecule has 0 amide bonds. The Morgan fingerprint density at radius 1 is 1.57 bits per heavy atom. The molecule has 0 aliphatic heterocycles. The van der Waals surface area contributed by atoms with Crippen LogP contribution in [0.25, 0.3) is 0 Å². The summed E-state index contributed by atoms with van der Waals surface area (Å²) in [6.07, 6.45) is 0. The second kappa shape index (κ2) is 4.47. The summed E-state index contributed by atoms with van der Waals surface area (Å²) in [7, 11) is 1.70. The van der Waals surface area contributed by atoms with Crippen LogP contribution in [0.15, 0.2) is 0 Å². The normalized spacial score (nSPS) is 10.3. The number of rotatable bonds is 3. The van der Waals surface area contributed by atoms with Gasteiger partial charge in [-0.25, -0.2) is 0 Å². The van der Waals surface area contributed by atoms with Gasteiger partial charge >= 0.3 is 0 Å². The maximum absolute atomic E-state index is 4.77. The summed E-state index contributed by atoms with van der Waals surface area (Å²) in [5.41, 5.74) is 0. The third-order valence-corrected chi connectivity index (χ3v) is 1.56. The number of hydrogen-bond acceptors (Lipinski definition) is 2. The van der Waals surface area contributed by atoms with Crippen LogP contribution in [-0.4, -0.2) is 12.9 Å². The van der Waals surface area contributed by atoms with Crippen LogP contribution in [0.3, 0.4) is 0 Å². The fourth-order valence-electron chi connectivity index (χ4n) is 0.204. The smallest absolute Gasteiger partial charge is 0.0503 e. The molecular weight excluding hydrogens is 108 g/mol. The third-order valence-electron chi connectivity index (χ3n) is 0.519. The molecular formula is C5H12OS. The van der Waals surface area contributed by atoms with E-state index in [0.717, 1.165) is 11.7 Å². The van der Waals surface area contributed by atoms with Gasteiger partial charge < -0.3 is 4.18 Å². The molecule has 0 heterocycles. The first-order valence-corrected chi connectivity index (χ1v) is 3.34. The maximum Gasteiger partial charge on any atom is 0.0503 e. The van der Waals surface area contributed by atoms with E-state index in [1.165, 1.54) is 12.0 Å². The van der Waals surface area contributed by atoms with E-state index in [2.05, 4.69) is 13.8 Å². The lowest BCUT2D eigenvalue weighted by atomic mass is 10.3. The van der Waals surface area contributed by atoms with Gasteiger partial charge in [0, 0.05) is 5.75 Å². The molecule has 1 nitrogen and oxygen atoms in total. The molecule has 0 atom stereocenters. The molecule has 0 N–H and O–H groups in total. The minimum Gasteiger partial charge on any atom is -0.319 e. The lowest BCUT2D eigenvalue weighted by Gasteiger charge is -1.98. The molecule has 0 aliphatic rings. The SMILES string of the molecule is COSCC(C)C. The Kier molecular flexibility index (Phi) is 4.67. The molecule has 0 aliphatic carbocycles. The molecule has 0 aromatic rings. The zero-order valence-electron chi connectivity index (χ0n) is 5.10. The van der Waals surface area contributed by atoms with Crippen molar-refractivity contribution in [3.8, 4) is 0 Å². The summed E-state index contributed by atoms with van der Waals surface area (Å²) in [6, 6.07) is 0. The lowest BCUT2D eigenvalue weighted by molar-refractivity contribution is 0.485. The molecule has 7 heavy (non-hydrogen) atoms. The molecule has 2 heteroatoms. The van der Waals surface area contributed by atoms with Crippen molar-refractivity contribution < 1.29 is 4.18 Å². The highest BCUT2D eigenvalue weighted by Crippen LogP contribution is 2.05. The highest BCUT2D eigenvalue weighted by atomic mass is 32.2. The fraction of sp³-hybridized carbons (Fsp3) is 1.00. The lowest BCUT2D eigenvalue weighted by Crippen LogP contribution is -1.89. The first-order chi connectivity index (χ1) is 3.27. The van der Waals surface area contributed by atoms with E-state index >= 15 is 0 Å². The van der Waals surface area contributed by atoms with Gasteiger partial charge in [0.05, 0.1) is 7.11 Å². The van der Waals surface area contributed by atoms with E-state index < -0.39 is 0 Å². The maximum atomic E-state index is 4.77. The van der Waals surface area contributed by atoms with Gasteiger partial charge in [-0.3, -0.25) is 0 Å². The van der Waals surface area contributed by atoms with Crippen LogP contribution >= 0.6 is 12.0 Å². The summed E-state index contributed by atoms with van der Waals surface area (Å²) in [6.45, 7) is 4.35. The van der Waals surface area contributed by atoms with Gasteiger partial charge in [-0.2, -0.15) is 0 Å². The van der Waals surface area contributed by atoms with E-state index in [-0.39, 0.29) is 0 Å². The standard InChI is InChI=1S/C5H12OS/c1-5(2)4-7-6-3/h5H,4H2,1-3H3. The van der Waals surface area contributed by atoms with Crippen LogP contribution in [0.4, 0.5) is 0 Å². The van der Waals surface area contributed by atoms with Crippen molar-refractivity contribution >= 4 is 12.0 Å². The minimum absolute atomic E-state index is 0.741. The molecule has 0 fully saturated rings. The molecule has 0 bridgehead atoms. The molecule has 0 rings (SSSR count). The topological polar surface area (TPSA) is 9.23 Å². The number of hydrogen-bond donors (Lipinski definition) is 0. The monoisotopic (exact) mass is 120 g/mol. The Labute approximate surface area is 49.6 Å². The van der Waals surface area contributed by atoms with E-state index in [9.17, 15) is 0 Å². The summed E-state index contributed by atoms with van der Waals surface area (Å²) >= 11 is 1.52. The molecule has 0 aromatic carbocycles. The van der Waals surface area contributed by atoms with E-state index in [1.807, 2.05) is 0 Å². The Balaban J connectivity index is 2.68. The van der Waals surface area contributed by atoms with Gasteiger partial charge in [0.25, 0.3) is 0 Å². The van der Waals surface area contributed by atoms with Crippen molar-refractivity contribution in [2.24, 2.45) is 5.92 Å². The van der Waals surface area contributed by atoms with Crippen LogP contribution in [0.2, 0.25) is 0 Å². The van der Waals surface area contributed by atoms with E-state index in [0.29, 0.717) is 0 Å². The fourth-order valence-corrected chi connectivity index (χ4v) is 0.612. The molecule has 0 aromatic heterocycles. The summed E-state index contributed by atoms with van der Waals surface area (Å²) in [5.74, 6) is 1.83. The van der Waals surface area contributed by atoms with Gasteiger partial charge in [-0.05, 0) is 18.0 Å². The Bertz CT molecular complexity index is 37.1. The zero-order valence-corrected chi connectivity index (χ0v) is 5.92. The molecule has 44 valence electrons. The van der Waals surface area contributed by atoms with Crippen molar-refractivity contribution in [3.05, 3.63) is 0 Å². The van der Waals surface area contributed by atoms with Crippen LogP contribution in [-0.2, 0) is 4.18 Å². The van der Waals surface area contributed by atoms with Gasteiger partial charge in [0.15, 0.2) is 0 Å². The predicted molar refractivity (Wildman–Crippen MR) is 34.3 cm³/mol. The van der Waals surface area contributed by atoms with Gasteiger partial charge in [-0.1, -0.05) is 13.8 Å². The Morgan fingerprint density at radius 2 is 2.14 bits per heavy atom. The second-order valence-electron chi connectivity index (χ2n) is 1.85. The van der Waals surface area contributed by atoms with Crippen molar-refractivity contribution in [3.63, 3.8) is 0 Å². The van der Waals surface area contributed by atoms with Gasteiger partial charge in [0.1, 0.15) is 0 Å². The quantitative estimate of drug-likeness (QED) is 0.526. The molecule has 0 spiro atoms. The average molecular weight is 120 g/mol. The Hall–Kier alpha value is 0.310. The highest BCUT2D eigenvalue weighted by Gasteiger charge is 1.90. The summed E-state index contributed by atoms with van der Waals surface area (Å²) in [4.78, 5) is 0. The molecule has 0 radical (unpaired) electrons. The van der Waals surface area contributed by atoms with Crippen LogP contribution in [0, 0.1) is 5.92 Å². The van der Waals surface area contributed by atoms with Crippen molar-refractivity contribution in [1.82, 2.24) is 0 Å². The van der Waals surface area contributed by atoms with Crippen LogP contribution in [0.5, 0.6) is 0 Å². The largest absolute Gasteiger partial charge is 0.319 e. The van der Waals surface area contributed by atoms with Crippen molar-refractivity contribution in [2.45, 2.75) is 13.8 Å². The van der Waals surface area contributed by atoms with E-state index in [4.69, 9.17) is 4.18 Å². The first-order valence-electron chi connectivity index (χ1n) is 2.43. The third kappa shape index (κ3) is 6.31. The first kappa shape index (κ1) is 7.31.